The second-order valence-corrected chi connectivity index (χ2v) is 5.05. The minimum atomic E-state index is -0.615. The summed E-state index contributed by atoms with van der Waals surface area (Å²) in [4.78, 5) is 11.9. The zero-order valence-electron chi connectivity index (χ0n) is 8.82. The topological polar surface area (TPSA) is 40.9 Å². The number of Topliss-reactive ketones (excluding diaryl/α,β-unsaturated/α-hetero) is 1. The second kappa shape index (κ2) is 4.80. The van der Waals surface area contributed by atoms with Crippen molar-refractivity contribution in [1.29, 1.82) is 5.26 Å². The molecule has 0 heterocycles. The van der Waals surface area contributed by atoms with E-state index in [-0.39, 0.29) is 5.78 Å². The first-order valence-corrected chi connectivity index (χ1v) is 6.18. The molecule has 2 nitrogen and oxygen atoms in total. The Morgan fingerprint density at radius 3 is 2.75 bits per heavy atom. The van der Waals surface area contributed by atoms with Crippen LogP contribution in [-0.4, -0.2) is 5.78 Å². The number of carbonyl (C=O) groups is 1. The largest absolute Gasteiger partial charge is 0.298 e. The summed E-state index contributed by atoms with van der Waals surface area (Å²) in [6.45, 7) is 0. The SMILES string of the molecule is N#CC(C(=O)CC1CC1)c1ccccc1Br. The fourth-order valence-electron chi connectivity index (χ4n) is 1.75. The van der Waals surface area contributed by atoms with Gasteiger partial charge in [-0.15, -0.1) is 0 Å². The van der Waals surface area contributed by atoms with Crippen molar-refractivity contribution in [3.63, 3.8) is 0 Å². The van der Waals surface area contributed by atoms with Crippen LogP contribution in [0, 0.1) is 17.2 Å². The molecule has 1 aliphatic carbocycles. The quantitative estimate of drug-likeness (QED) is 0.846. The molecule has 1 saturated carbocycles. The summed E-state index contributed by atoms with van der Waals surface area (Å²) in [5.41, 5.74) is 0.788. The Kier molecular flexibility index (Phi) is 3.40. The van der Waals surface area contributed by atoms with Crippen molar-refractivity contribution in [3.8, 4) is 6.07 Å². The van der Waals surface area contributed by atoms with Crippen molar-refractivity contribution in [1.82, 2.24) is 0 Å². The summed E-state index contributed by atoms with van der Waals surface area (Å²) in [6, 6.07) is 9.55. The van der Waals surface area contributed by atoms with Gasteiger partial charge < -0.3 is 0 Å². The Balaban J connectivity index is 2.18. The van der Waals surface area contributed by atoms with Gasteiger partial charge in [-0.1, -0.05) is 34.1 Å². The first-order valence-electron chi connectivity index (χ1n) is 5.39. The van der Waals surface area contributed by atoms with E-state index in [1.54, 1.807) is 0 Å². The van der Waals surface area contributed by atoms with Crippen molar-refractivity contribution in [2.75, 3.05) is 0 Å². The van der Waals surface area contributed by atoms with Crippen LogP contribution in [0.15, 0.2) is 28.7 Å². The lowest BCUT2D eigenvalue weighted by Gasteiger charge is -2.09. The Morgan fingerprint density at radius 1 is 1.50 bits per heavy atom. The number of benzene rings is 1. The number of hydrogen-bond donors (Lipinski definition) is 0. The normalized spacial score (nSPS) is 16.5. The highest BCUT2D eigenvalue weighted by Crippen LogP contribution is 2.35. The number of hydrogen-bond acceptors (Lipinski definition) is 2. The van der Waals surface area contributed by atoms with Gasteiger partial charge in [-0.25, -0.2) is 0 Å². The number of carbonyl (C=O) groups excluding carboxylic acids is 1. The summed E-state index contributed by atoms with van der Waals surface area (Å²) in [6.07, 6.45) is 2.83. The molecule has 0 saturated heterocycles. The lowest BCUT2D eigenvalue weighted by atomic mass is 9.93. The zero-order chi connectivity index (χ0) is 11.5. The average molecular weight is 278 g/mol. The molecule has 1 aromatic rings. The zero-order valence-corrected chi connectivity index (χ0v) is 10.4. The van der Waals surface area contributed by atoms with Crippen molar-refractivity contribution in [2.24, 2.45) is 5.92 Å². The third-order valence-corrected chi connectivity index (χ3v) is 3.58. The van der Waals surface area contributed by atoms with Gasteiger partial charge in [0.25, 0.3) is 0 Å². The molecule has 16 heavy (non-hydrogen) atoms. The van der Waals surface area contributed by atoms with Gasteiger partial charge in [0.2, 0.25) is 0 Å². The molecule has 3 heteroatoms. The van der Waals surface area contributed by atoms with Crippen molar-refractivity contribution in [2.45, 2.75) is 25.2 Å². The van der Waals surface area contributed by atoms with Gasteiger partial charge in [0.15, 0.2) is 5.78 Å². The highest BCUT2D eigenvalue weighted by molar-refractivity contribution is 9.10. The van der Waals surface area contributed by atoms with Gasteiger partial charge in [-0.3, -0.25) is 4.79 Å². The monoisotopic (exact) mass is 277 g/mol. The molecule has 82 valence electrons. The van der Waals surface area contributed by atoms with E-state index in [4.69, 9.17) is 5.26 Å². The third kappa shape index (κ3) is 2.51. The van der Waals surface area contributed by atoms with E-state index in [0.29, 0.717) is 12.3 Å². The van der Waals surface area contributed by atoms with Crippen LogP contribution in [0.5, 0.6) is 0 Å². The highest BCUT2D eigenvalue weighted by atomic mass is 79.9. The standard InChI is InChI=1S/C13H12BrNO/c14-12-4-2-1-3-10(12)11(8-15)13(16)7-9-5-6-9/h1-4,9,11H,5-7H2. The molecular formula is C13H12BrNO. The summed E-state index contributed by atoms with van der Waals surface area (Å²) in [5, 5.41) is 9.12. The molecule has 0 aromatic heterocycles. The molecule has 0 amide bonds. The maximum absolute atomic E-state index is 11.9. The van der Waals surface area contributed by atoms with Gasteiger partial charge >= 0.3 is 0 Å². The molecule has 0 N–H and O–H groups in total. The molecule has 0 bridgehead atoms. The van der Waals surface area contributed by atoms with Gasteiger partial charge in [-0.2, -0.15) is 5.26 Å². The molecule has 1 unspecified atom stereocenters. The molecule has 1 fully saturated rings. The Labute approximate surface area is 103 Å². The van der Waals surface area contributed by atoms with E-state index in [2.05, 4.69) is 22.0 Å². The highest BCUT2D eigenvalue weighted by Gasteiger charge is 2.29. The first kappa shape index (κ1) is 11.3. The maximum Gasteiger partial charge on any atom is 0.154 e. The molecule has 1 atom stereocenters. The van der Waals surface area contributed by atoms with E-state index in [0.717, 1.165) is 22.9 Å². The summed E-state index contributed by atoms with van der Waals surface area (Å²) in [5.74, 6) is -0.0288. The van der Waals surface area contributed by atoms with Crippen LogP contribution in [0.1, 0.15) is 30.7 Å². The number of nitriles is 1. The Morgan fingerprint density at radius 2 is 2.19 bits per heavy atom. The lowest BCUT2D eigenvalue weighted by molar-refractivity contribution is -0.119. The van der Waals surface area contributed by atoms with Crippen molar-refractivity contribution < 1.29 is 4.79 Å². The average Bonchev–Trinajstić information content (AvgIpc) is 3.06. The van der Waals surface area contributed by atoms with Crippen LogP contribution in [0.2, 0.25) is 0 Å². The van der Waals surface area contributed by atoms with E-state index in [9.17, 15) is 4.79 Å². The van der Waals surface area contributed by atoms with Crippen LogP contribution in [0.25, 0.3) is 0 Å². The Bertz CT molecular complexity index is 445. The van der Waals surface area contributed by atoms with E-state index < -0.39 is 5.92 Å². The molecule has 0 radical (unpaired) electrons. The van der Waals surface area contributed by atoms with Gasteiger partial charge in [0, 0.05) is 10.9 Å². The second-order valence-electron chi connectivity index (χ2n) is 4.20. The molecular weight excluding hydrogens is 266 g/mol. The van der Waals surface area contributed by atoms with Crippen LogP contribution in [-0.2, 0) is 4.79 Å². The summed E-state index contributed by atoms with van der Waals surface area (Å²) in [7, 11) is 0. The van der Waals surface area contributed by atoms with E-state index >= 15 is 0 Å². The van der Waals surface area contributed by atoms with Gasteiger partial charge in [0.1, 0.15) is 5.92 Å². The fourth-order valence-corrected chi connectivity index (χ4v) is 2.26. The predicted octanol–water partition coefficient (Wildman–Crippen LogP) is 3.43. The molecule has 0 spiro atoms. The van der Waals surface area contributed by atoms with Gasteiger partial charge in [0.05, 0.1) is 6.07 Å². The summed E-state index contributed by atoms with van der Waals surface area (Å²) < 4.78 is 0.839. The smallest absolute Gasteiger partial charge is 0.154 e. The molecule has 2 rings (SSSR count). The maximum atomic E-state index is 11.9. The number of ketones is 1. The lowest BCUT2D eigenvalue weighted by Crippen LogP contribution is -2.11. The number of halogens is 1. The minimum Gasteiger partial charge on any atom is -0.298 e. The number of rotatable bonds is 4. The fraction of sp³-hybridized carbons (Fsp3) is 0.385. The first-order chi connectivity index (χ1) is 7.72. The third-order valence-electron chi connectivity index (χ3n) is 2.85. The van der Waals surface area contributed by atoms with Crippen LogP contribution in [0.3, 0.4) is 0 Å². The van der Waals surface area contributed by atoms with Crippen molar-refractivity contribution >= 4 is 21.7 Å². The van der Waals surface area contributed by atoms with E-state index in [1.165, 1.54) is 0 Å². The minimum absolute atomic E-state index is 0.0527. The number of nitrogens with zero attached hydrogens (tertiary/aromatic N) is 1. The molecule has 1 aliphatic rings. The summed E-state index contributed by atoms with van der Waals surface area (Å²) >= 11 is 3.38. The van der Waals surface area contributed by atoms with Crippen LogP contribution < -0.4 is 0 Å². The van der Waals surface area contributed by atoms with Crippen LogP contribution in [0.4, 0.5) is 0 Å². The molecule has 1 aromatic carbocycles. The Hall–Kier alpha value is -1.14. The molecule has 0 aliphatic heterocycles. The van der Waals surface area contributed by atoms with Crippen LogP contribution >= 0.6 is 15.9 Å². The van der Waals surface area contributed by atoms with Gasteiger partial charge in [-0.05, 0) is 30.4 Å². The van der Waals surface area contributed by atoms with E-state index in [1.807, 2.05) is 24.3 Å². The van der Waals surface area contributed by atoms with Crippen molar-refractivity contribution in [3.05, 3.63) is 34.3 Å². The predicted molar refractivity (Wildman–Crippen MR) is 64.8 cm³/mol.